The molecule has 11 nitrogen and oxygen atoms in total. The number of Topliss-reactive ketones (excluding diaryl/α,β-unsaturated/α-hetero) is 2. The van der Waals surface area contributed by atoms with E-state index in [9.17, 15) is 34.5 Å². The Kier molecular flexibility index (Phi) is 15.5. The molecule has 0 aromatic heterocycles. The van der Waals surface area contributed by atoms with Crippen molar-refractivity contribution in [2.24, 2.45) is 35.5 Å². The van der Waals surface area contributed by atoms with Crippen LogP contribution in [0.15, 0.2) is 23.3 Å². The van der Waals surface area contributed by atoms with E-state index in [1.54, 1.807) is 21.0 Å². The highest BCUT2D eigenvalue weighted by Crippen LogP contribution is 2.39. The van der Waals surface area contributed by atoms with Crippen molar-refractivity contribution in [2.45, 2.75) is 168 Å². The van der Waals surface area contributed by atoms with Crippen LogP contribution in [-0.4, -0.2) is 99.7 Å². The number of carbonyl (C=O) groups excluding carboxylic acids is 4. The van der Waals surface area contributed by atoms with Gasteiger partial charge in [0.25, 0.3) is 11.7 Å². The Bertz CT molecular complexity index is 1360. The molecular formula is C42H67NO10. The van der Waals surface area contributed by atoms with Crippen molar-refractivity contribution in [1.29, 1.82) is 0 Å². The smallest absolute Gasteiger partial charge is 0.329 e. The fourth-order valence-electron chi connectivity index (χ4n) is 9.28. The lowest BCUT2D eigenvalue weighted by molar-refractivity contribution is -0.270. The van der Waals surface area contributed by atoms with Crippen LogP contribution >= 0.6 is 0 Å². The van der Waals surface area contributed by atoms with Crippen LogP contribution < -0.4 is 0 Å². The normalized spacial score (nSPS) is 40.8. The van der Waals surface area contributed by atoms with E-state index < -0.39 is 65.7 Å². The molecule has 2 bridgehead atoms. The zero-order chi connectivity index (χ0) is 39.2. The third kappa shape index (κ3) is 10.5. The average molecular weight is 746 g/mol. The maximum Gasteiger partial charge on any atom is 0.329 e. The van der Waals surface area contributed by atoms with Gasteiger partial charge < -0.3 is 34.4 Å². The summed E-state index contributed by atoms with van der Waals surface area (Å²) in [6.45, 7) is 13.7. The number of carbonyl (C=O) groups is 4. The minimum Gasteiger partial charge on any atom is -0.456 e. The second-order valence-electron chi connectivity index (χ2n) is 17.0. The van der Waals surface area contributed by atoms with Gasteiger partial charge in [-0.2, -0.15) is 0 Å². The largest absolute Gasteiger partial charge is 0.456 e. The molecule has 3 fully saturated rings. The molecule has 0 aromatic carbocycles. The summed E-state index contributed by atoms with van der Waals surface area (Å²) < 4.78 is 18.0. The first-order chi connectivity index (χ1) is 25.0. The van der Waals surface area contributed by atoms with Gasteiger partial charge in [0.05, 0.1) is 24.4 Å². The van der Waals surface area contributed by atoms with Crippen LogP contribution in [0, 0.1) is 35.5 Å². The molecule has 0 spiro atoms. The second kappa shape index (κ2) is 18.9. The third-order valence-corrected chi connectivity index (χ3v) is 12.6. The van der Waals surface area contributed by atoms with Gasteiger partial charge in [0.1, 0.15) is 12.1 Å². The van der Waals surface area contributed by atoms with Gasteiger partial charge in [-0.1, -0.05) is 53.7 Å². The lowest BCUT2D eigenvalue weighted by atomic mass is 9.80. The lowest BCUT2D eigenvalue weighted by Crippen LogP contribution is -2.61. The number of cyclic esters (lactones) is 1. The number of aliphatic hydroxyl groups excluding tert-OH is 2. The van der Waals surface area contributed by atoms with Gasteiger partial charge in [0.2, 0.25) is 5.79 Å². The molecule has 3 heterocycles. The zero-order valence-electron chi connectivity index (χ0n) is 33.4. The molecule has 0 radical (unpaired) electrons. The third-order valence-electron chi connectivity index (χ3n) is 12.6. The SMILES string of the molecule is CCC1=CC(C)C[C@H](C)C[C@H](C)C2CC[C@@H](C)C(O)(O2)C(=O)C(=O)N2CCCCC2C(=O)OC(C(C)=C[C@@H]2CCC(O)C(OC)C2)[C@H](C)C(O)CC1=O. The van der Waals surface area contributed by atoms with Crippen LogP contribution in [0.5, 0.6) is 0 Å². The summed E-state index contributed by atoms with van der Waals surface area (Å²) in [5, 5.41) is 33.8. The van der Waals surface area contributed by atoms with E-state index in [1.807, 2.05) is 32.9 Å². The minimum atomic E-state index is -2.32. The number of piperidine rings is 1. The standard InChI is InChI=1S/C42H67NO10/c1-9-31-20-25(3)18-24(2)19-26(4)36-16-13-28(6)42(50,53-36)39(47)40(48)43-17-11-10-12-32(43)41(49)52-38(29(7)34(45)23-35(31)46)27(5)21-30-14-15-33(44)37(22-30)51-8/h20-21,24-26,28-30,32-34,36-38,44-45,50H,9-19,22-23H2,1-8H3/t24-,25?,26-,28+,29+,30-,32?,33?,34?,36?,37?,38?,42?/m0/s1. The molecule has 2 saturated heterocycles. The van der Waals surface area contributed by atoms with E-state index in [0.717, 1.165) is 12.8 Å². The van der Waals surface area contributed by atoms with Crippen LogP contribution in [0.2, 0.25) is 0 Å². The maximum atomic E-state index is 14.2. The summed E-state index contributed by atoms with van der Waals surface area (Å²) in [5.41, 5.74) is 1.34. The summed E-state index contributed by atoms with van der Waals surface area (Å²) in [6, 6.07) is -1.08. The molecule has 3 N–H and O–H groups in total. The fraction of sp³-hybridized carbons (Fsp3) is 0.810. The fourth-order valence-corrected chi connectivity index (χ4v) is 9.28. The molecule has 11 heteroatoms. The predicted octanol–water partition coefficient (Wildman–Crippen LogP) is 5.47. The summed E-state index contributed by atoms with van der Waals surface area (Å²) in [4.78, 5) is 57.1. The van der Waals surface area contributed by atoms with Crippen molar-refractivity contribution in [3.8, 4) is 0 Å². The molecule has 53 heavy (non-hydrogen) atoms. The number of rotatable bonds is 4. The Morgan fingerprint density at radius 1 is 0.962 bits per heavy atom. The van der Waals surface area contributed by atoms with Crippen molar-refractivity contribution in [2.75, 3.05) is 13.7 Å². The van der Waals surface area contributed by atoms with Gasteiger partial charge in [-0.3, -0.25) is 14.4 Å². The number of ether oxygens (including phenoxy) is 3. The second-order valence-corrected chi connectivity index (χ2v) is 17.0. The molecular weight excluding hydrogens is 678 g/mol. The molecule has 4 aliphatic rings. The number of hydrogen-bond donors (Lipinski definition) is 3. The Labute approximate surface area is 316 Å². The minimum absolute atomic E-state index is 0.00821. The molecule has 1 saturated carbocycles. The van der Waals surface area contributed by atoms with Crippen LogP contribution in [-0.2, 0) is 33.4 Å². The number of aliphatic hydroxyl groups is 3. The number of hydrogen-bond acceptors (Lipinski definition) is 10. The lowest BCUT2D eigenvalue weighted by Gasteiger charge is -2.44. The molecule has 300 valence electrons. The first kappa shape index (κ1) is 43.3. The number of nitrogens with zero attached hydrogens (tertiary/aromatic N) is 1. The number of esters is 1. The van der Waals surface area contributed by atoms with Gasteiger partial charge in [0, 0.05) is 31.9 Å². The van der Waals surface area contributed by atoms with Crippen LogP contribution in [0.25, 0.3) is 0 Å². The van der Waals surface area contributed by atoms with Crippen LogP contribution in [0.4, 0.5) is 0 Å². The quantitative estimate of drug-likeness (QED) is 0.191. The number of fused-ring (bicyclic) bond motifs is 3. The Morgan fingerprint density at radius 2 is 1.68 bits per heavy atom. The van der Waals surface area contributed by atoms with Gasteiger partial charge in [-0.25, -0.2) is 4.79 Å². The first-order valence-corrected chi connectivity index (χ1v) is 20.3. The van der Waals surface area contributed by atoms with Crippen molar-refractivity contribution < 1.29 is 48.7 Å². The highest BCUT2D eigenvalue weighted by molar-refractivity contribution is 6.39. The first-order valence-electron chi connectivity index (χ1n) is 20.3. The summed E-state index contributed by atoms with van der Waals surface area (Å²) in [5.74, 6) is -6.16. The highest BCUT2D eigenvalue weighted by Gasteiger charge is 2.53. The van der Waals surface area contributed by atoms with Gasteiger partial charge >= 0.3 is 5.97 Å². The molecule has 1 aliphatic carbocycles. The number of amides is 1. The number of methoxy groups -OCH3 is 1. The average Bonchev–Trinajstić information content (AvgIpc) is 3.12. The highest BCUT2D eigenvalue weighted by atomic mass is 16.6. The summed E-state index contributed by atoms with van der Waals surface area (Å²) >= 11 is 0. The molecule has 8 unspecified atom stereocenters. The van der Waals surface area contributed by atoms with Gasteiger partial charge in [-0.05, 0) is 112 Å². The van der Waals surface area contributed by atoms with Crippen molar-refractivity contribution in [1.82, 2.24) is 4.90 Å². The van der Waals surface area contributed by atoms with Crippen molar-refractivity contribution in [3.63, 3.8) is 0 Å². The van der Waals surface area contributed by atoms with Crippen LogP contribution in [0.3, 0.4) is 0 Å². The summed E-state index contributed by atoms with van der Waals surface area (Å²) in [7, 11) is 1.57. The van der Waals surface area contributed by atoms with Gasteiger partial charge in [-0.15, -0.1) is 0 Å². The molecule has 3 aliphatic heterocycles. The maximum absolute atomic E-state index is 14.2. The molecule has 1 amide bonds. The van der Waals surface area contributed by atoms with E-state index in [4.69, 9.17) is 14.2 Å². The van der Waals surface area contributed by atoms with E-state index in [0.29, 0.717) is 62.5 Å². The Hall–Kier alpha value is -2.44. The van der Waals surface area contributed by atoms with Crippen molar-refractivity contribution in [3.05, 3.63) is 23.3 Å². The number of allylic oxidation sites excluding steroid dienone is 3. The van der Waals surface area contributed by atoms with Gasteiger partial charge in [0.15, 0.2) is 5.78 Å². The predicted molar refractivity (Wildman–Crippen MR) is 200 cm³/mol. The molecule has 4 rings (SSSR count). The van der Waals surface area contributed by atoms with Crippen molar-refractivity contribution >= 4 is 23.4 Å². The Balaban J connectivity index is 1.73. The van der Waals surface area contributed by atoms with E-state index in [2.05, 4.69) is 13.8 Å². The number of ketones is 2. The zero-order valence-corrected chi connectivity index (χ0v) is 33.4. The topological polar surface area (TPSA) is 160 Å². The summed E-state index contributed by atoms with van der Waals surface area (Å²) in [6.07, 6.45) is 7.01. The van der Waals surface area contributed by atoms with Crippen LogP contribution in [0.1, 0.15) is 126 Å². The Morgan fingerprint density at radius 3 is 2.36 bits per heavy atom. The monoisotopic (exact) mass is 745 g/mol. The van der Waals surface area contributed by atoms with E-state index in [1.165, 1.54) is 4.90 Å². The molecule has 0 aromatic rings. The van der Waals surface area contributed by atoms with E-state index in [-0.39, 0.29) is 54.9 Å². The molecule has 13 atom stereocenters. The van der Waals surface area contributed by atoms with E-state index >= 15 is 0 Å².